The quantitative estimate of drug-likeness (QED) is 0.814. The Balaban J connectivity index is 2.67. The number of rotatable bonds is 4. The van der Waals surface area contributed by atoms with Crippen LogP contribution >= 0.6 is 22.6 Å². The Morgan fingerprint density at radius 3 is 2.76 bits per heavy atom. The van der Waals surface area contributed by atoms with Gasteiger partial charge in [0.15, 0.2) is 0 Å². The van der Waals surface area contributed by atoms with Gasteiger partial charge in [-0.05, 0) is 61.8 Å². The molecule has 0 heterocycles. The fourth-order valence-electron chi connectivity index (χ4n) is 1.21. The summed E-state index contributed by atoms with van der Waals surface area (Å²) in [6.45, 7) is 2.58. The number of amides is 1. The minimum atomic E-state index is -0.241. The molecule has 1 amide bonds. The number of likely N-dealkylation sites (N-methyl/N-ethyl adjacent to an activating group) is 1. The second kappa shape index (κ2) is 6.20. The summed E-state index contributed by atoms with van der Waals surface area (Å²) in [7, 11) is 3.92. The summed E-state index contributed by atoms with van der Waals surface area (Å²) in [4.78, 5) is 13.9. The van der Waals surface area contributed by atoms with Crippen molar-refractivity contribution in [3.8, 4) is 5.75 Å². The van der Waals surface area contributed by atoms with Crippen LogP contribution in [0, 0.1) is 3.57 Å². The number of nitrogens with one attached hydrogen (secondary N) is 1. The van der Waals surface area contributed by atoms with Gasteiger partial charge in [-0.25, -0.2) is 0 Å². The Kier molecular flexibility index (Phi) is 5.20. The van der Waals surface area contributed by atoms with Gasteiger partial charge in [-0.15, -0.1) is 0 Å². The molecule has 0 bridgehead atoms. The zero-order valence-corrected chi connectivity index (χ0v) is 12.4. The maximum atomic E-state index is 11.9. The third-order valence-electron chi connectivity index (χ3n) is 2.64. The molecule has 4 nitrogen and oxygen atoms in total. The molecular formula is C12H17IN2O2. The molecule has 17 heavy (non-hydrogen) atoms. The van der Waals surface area contributed by atoms with Gasteiger partial charge in [0, 0.05) is 16.2 Å². The van der Waals surface area contributed by atoms with Crippen molar-refractivity contribution in [2.45, 2.75) is 13.0 Å². The Bertz CT molecular complexity index is 407. The van der Waals surface area contributed by atoms with Crippen LogP contribution in [0.4, 0.5) is 0 Å². The van der Waals surface area contributed by atoms with Crippen LogP contribution in [0.25, 0.3) is 0 Å². The first kappa shape index (κ1) is 14.2. The maximum Gasteiger partial charge on any atom is 0.255 e. The predicted molar refractivity (Wildman–Crippen MR) is 76.3 cm³/mol. The van der Waals surface area contributed by atoms with Crippen LogP contribution in [0.3, 0.4) is 0 Å². The van der Waals surface area contributed by atoms with Gasteiger partial charge in [0.05, 0.1) is 5.56 Å². The molecule has 0 fully saturated rings. The highest BCUT2D eigenvalue weighted by atomic mass is 127. The topological polar surface area (TPSA) is 52.6 Å². The highest BCUT2D eigenvalue weighted by Crippen LogP contribution is 2.19. The van der Waals surface area contributed by atoms with Crippen LogP contribution in [-0.4, -0.2) is 42.6 Å². The lowest BCUT2D eigenvalue weighted by Gasteiger charge is -2.20. The number of halogens is 1. The third kappa shape index (κ3) is 4.16. The second-order valence-electron chi connectivity index (χ2n) is 4.18. The van der Waals surface area contributed by atoms with E-state index in [1.54, 1.807) is 12.1 Å². The molecule has 1 aromatic carbocycles. The van der Waals surface area contributed by atoms with Gasteiger partial charge >= 0.3 is 0 Å². The highest BCUT2D eigenvalue weighted by Gasteiger charge is 2.13. The standard InChI is InChI=1S/C12H17IN2O2/c1-8(15(2)3)7-14-12(17)10-6-9(13)4-5-11(10)16/h4-6,8,16H,7H2,1-3H3,(H,14,17). The molecule has 2 N–H and O–H groups in total. The Morgan fingerprint density at radius 1 is 1.53 bits per heavy atom. The Hall–Kier alpha value is -0.820. The maximum absolute atomic E-state index is 11.9. The molecule has 1 rings (SSSR count). The zero-order chi connectivity index (χ0) is 13.0. The normalized spacial score (nSPS) is 12.5. The summed E-state index contributed by atoms with van der Waals surface area (Å²) in [6, 6.07) is 5.22. The minimum absolute atomic E-state index is 0.0143. The summed E-state index contributed by atoms with van der Waals surface area (Å²) in [5.41, 5.74) is 0.322. The van der Waals surface area contributed by atoms with E-state index in [-0.39, 0.29) is 17.7 Å². The lowest BCUT2D eigenvalue weighted by Crippen LogP contribution is -2.38. The van der Waals surface area contributed by atoms with Crippen molar-refractivity contribution >= 4 is 28.5 Å². The van der Waals surface area contributed by atoms with Crippen molar-refractivity contribution in [1.82, 2.24) is 10.2 Å². The molecule has 1 atom stereocenters. The molecule has 0 spiro atoms. The fourth-order valence-corrected chi connectivity index (χ4v) is 1.70. The Labute approximate surface area is 115 Å². The van der Waals surface area contributed by atoms with Crippen molar-refractivity contribution in [1.29, 1.82) is 0 Å². The lowest BCUT2D eigenvalue weighted by atomic mass is 10.2. The number of hydrogen-bond acceptors (Lipinski definition) is 3. The summed E-state index contributed by atoms with van der Waals surface area (Å²) < 4.78 is 0.922. The number of carbonyl (C=O) groups excluding carboxylic acids is 1. The predicted octanol–water partition coefficient (Wildman–Crippen LogP) is 1.68. The smallest absolute Gasteiger partial charge is 0.255 e. The number of phenols is 1. The van der Waals surface area contributed by atoms with Crippen LogP contribution in [0.5, 0.6) is 5.75 Å². The van der Waals surface area contributed by atoms with Gasteiger partial charge in [0.2, 0.25) is 0 Å². The van der Waals surface area contributed by atoms with E-state index in [9.17, 15) is 9.90 Å². The molecule has 1 aromatic rings. The van der Waals surface area contributed by atoms with Crippen molar-refractivity contribution in [2.24, 2.45) is 0 Å². The summed E-state index contributed by atoms with van der Waals surface area (Å²) >= 11 is 2.11. The molecule has 94 valence electrons. The first-order chi connectivity index (χ1) is 7.91. The monoisotopic (exact) mass is 348 g/mol. The van der Waals surface area contributed by atoms with Crippen LogP contribution in [0.1, 0.15) is 17.3 Å². The summed E-state index contributed by atoms with van der Waals surface area (Å²) in [5, 5.41) is 12.4. The van der Waals surface area contributed by atoms with Gasteiger partial charge in [-0.3, -0.25) is 4.79 Å². The molecule has 1 unspecified atom stereocenters. The molecule has 0 aliphatic carbocycles. The number of nitrogens with zero attached hydrogens (tertiary/aromatic N) is 1. The number of benzene rings is 1. The molecular weight excluding hydrogens is 331 g/mol. The van der Waals surface area contributed by atoms with Gasteiger partial charge < -0.3 is 15.3 Å². The lowest BCUT2D eigenvalue weighted by molar-refractivity contribution is 0.0941. The van der Waals surface area contributed by atoms with E-state index in [2.05, 4.69) is 27.9 Å². The first-order valence-corrected chi connectivity index (χ1v) is 6.43. The number of aromatic hydroxyl groups is 1. The van der Waals surface area contributed by atoms with Crippen LogP contribution in [0.2, 0.25) is 0 Å². The molecule has 0 saturated heterocycles. The third-order valence-corrected chi connectivity index (χ3v) is 3.31. The first-order valence-electron chi connectivity index (χ1n) is 5.35. The fraction of sp³-hybridized carbons (Fsp3) is 0.417. The van der Waals surface area contributed by atoms with E-state index in [0.29, 0.717) is 12.1 Å². The summed E-state index contributed by atoms with van der Waals surface area (Å²) in [5.74, 6) is -0.227. The van der Waals surface area contributed by atoms with Gasteiger partial charge in [0.25, 0.3) is 5.91 Å². The SMILES string of the molecule is CC(CNC(=O)c1cc(I)ccc1O)N(C)C. The minimum Gasteiger partial charge on any atom is -0.507 e. The van der Waals surface area contributed by atoms with E-state index < -0.39 is 0 Å². The number of carbonyl (C=O) groups is 1. The average molecular weight is 348 g/mol. The highest BCUT2D eigenvalue weighted by molar-refractivity contribution is 14.1. The molecule has 5 heteroatoms. The zero-order valence-electron chi connectivity index (χ0n) is 10.2. The Morgan fingerprint density at radius 2 is 2.18 bits per heavy atom. The van der Waals surface area contributed by atoms with E-state index in [0.717, 1.165) is 3.57 Å². The second-order valence-corrected chi connectivity index (χ2v) is 5.43. The van der Waals surface area contributed by atoms with E-state index in [1.807, 2.05) is 25.9 Å². The van der Waals surface area contributed by atoms with Crippen LogP contribution in [-0.2, 0) is 0 Å². The number of hydrogen-bond donors (Lipinski definition) is 2. The molecule has 0 saturated carbocycles. The largest absolute Gasteiger partial charge is 0.507 e. The van der Waals surface area contributed by atoms with E-state index >= 15 is 0 Å². The van der Waals surface area contributed by atoms with Gasteiger partial charge in [-0.2, -0.15) is 0 Å². The van der Waals surface area contributed by atoms with E-state index in [4.69, 9.17) is 0 Å². The molecule has 0 aliphatic rings. The van der Waals surface area contributed by atoms with Crippen LogP contribution in [0.15, 0.2) is 18.2 Å². The molecule has 0 radical (unpaired) electrons. The van der Waals surface area contributed by atoms with E-state index in [1.165, 1.54) is 6.07 Å². The van der Waals surface area contributed by atoms with Gasteiger partial charge in [-0.1, -0.05) is 0 Å². The average Bonchev–Trinajstić information content (AvgIpc) is 2.28. The van der Waals surface area contributed by atoms with Crippen LogP contribution < -0.4 is 5.32 Å². The van der Waals surface area contributed by atoms with Crippen molar-refractivity contribution < 1.29 is 9.90 Å². The number of phenolic OH excluding ortho intramolecular Hbond substituents is 1. The summed E-state index contributed by atoms with van der Waals surface area (Å²) in [6.07, 6.45) is 0. The van der Waals surface area contributed by atoms with Crippen molar-refractivity contribution in [3.63, 3.8) is 0 Å². The van der Waals surface area contributed by atoms with Gasteiger partial charge in [0.1, 0.15) is 5.75 Å². The molecule has 0 aromatic heterocycles. The molecule has 0 aliphatic heterocycles. The van der Waals surface area contributed by atoms with Crippen molar-refractivity contribution in [3.05, 3.63) is 27.3 Å². The van der Waals surface area contributed by atoms with Crippen molar-refractivity contribution in [2.75, 3.05) is 20.6 Å².